The smallest absolute Gasteiger partial charge is 0.338 e. The van der Waals surface area contributed by atoms with Crippen LogP contribution in [-0.4, -0.2) is 96.8 Å². The standard InChI is InChI=1S/C40H48N12O7/c1-8-51-29(17-23(3)47-51)36(54)45-39-44-28-20-26(38(56)58-7)22-31(57-6)33(28)49(39)14-10-11-15-50-34-27(19-25(35(41)53)21-32(34)59-16-12-13-42-5)43-40(50)46-37(55)30-18-24(4)48-52(30)9-2/h10-11,17-22,42H,8-9,12-16H2,1-7H3,(H2,41,53)(H,43,46,55)(H,44,45,54)/b11-10+. The summed E-state index contributed by atoms with van der Waals surface area (Å²) in [4.78, 5) is 61.8. The third kappa shape index (κ3) is 8.79. The molecule has 0 radical (unpaired) electrons. The fourth-order valence-electron chi connectivity index (χ4n) is 6.71. The first-order valence-corrected chi connectivity index (χ1v) is 19.1. The van der Waals surface area contributed by atoms with Crippen molar-refractivity contribution in [3.05, 3.63) is 82.5 Å². The Morgan fingerprint density at radius 1 is 0.746 bits per heavy atom. The van der Waals surface area contributed by atoms with Gasteiger partial charge in [-0.15, -0.1) is 0 Å². The molecule has 19 nitrogen and oxygen atoms in total. The van der Waals surface area contributed by atoms with Gasteiger partial charge >= 0.3 is 5.97 Å². The Morgan fingerprint density at radius 3 is 1.73 bits per heavy atom. The number of carbonyl (C=O) groups excluding carboxylic acids is 4. The fraction of sp³-hybridized carbons (Fsp3) is 0.350. The highest BCUT2D eigenvalue weighted by molar-refractivity contribution is 6.05. The highest BCUT2D eigenvalue weighted by Gasteiger charge is 2.24. The number of imidazole rings is 2. The number of carbonyl (C=O) groups is 4. The Hall–Kier alpha value is -7.02. The average Bonchev–Trinajstić information content (AvgIpc) is 3.99. The van der Waals surface area contributed by atoms with E-state index in [0.717, 1.165) is 0 Å². The molecule has 0 fully saturated rings. The van der Waals surface area contributed by atoms with Crippen LogP contribution in [0.2, 0.25) is 0 Å². The van der Waals surface area contributed by atoms with Crippen molar-refractivity contribution in [2.24, 2.45) is 5.73 Å². The quantitative estimate of drug-likeness (QED) is 0.0547. The molecule has 0 saturated heterocycles. The van der Waals surface area contributed by atoms with Crippen LogP contribution in [0.3, 0.4) is 0 Å². The molecule has 0 aliphatic rings. The number of rotatable bonds is 18. The van der Waals surface area contributed by atoms with Crippen molar-refractivity contribution in [1.82, 2.24) is 44.0 Å². The molecule has 0 bridgehead atoms. The number of hydrogen-bond donors (Lipinski definition) is 4. The summed E-state index contributed by atoms with van der Waals surface area (Å²) in [6.07, 6.45) is 4.38. The van der Waals surface area contributed by atoms with Crippen molar-refractivity contribution in [2.45, 2.75) is 60.3 Å². The van der Waals surface area contributed by atoms with E-state index in [1.807, 2.05) is 33.0 Å². The number of aryl methyl sites for hydroxylation is 4. The largest absolute Gasteiger partial charge is 0.494 e. The van der Waals surface area contributed by atoms with Crippen LogP contribution >= 0.6 is 0 Å². The van der Waals surface area contributed by atoms with E-state index >= 15 is 0 Å². The van der Waals surface area contributed by atoms with Gasteiger partial charge in [0, 0.05) is 31.7 Å². The van der Waals surface area contributed by atoms with Gasteiger partial charge in [-0.25, -0.2) is 14.8 Å². The third-order valence-corrected chi connectivity index (χ3v) is 9.43. The minimum absolute atomic E-state index is 0.174. The lowest BCUT2D eigenvalue weighted by atomic mass is 10.1. The monoisotopic (exact) mass is 808 g/mol. The second kappa shape index (κ2) is 18.1. The molecule has 0 aliphatic carbocycles. The molecule has 59 heavy (non-hydrogen) atoms. The first kappa shape index (κ1) is 41.6. The summed E-state index contributed by atoms with van der Waals surface area (Å²) in [5.74, 6) is -1.02. The number of methoxy groups -OCH3 is 2. The number of allylic oxidation sites excluding steroid dienone is 2. The van der Waals surface area contributed by atoms with Gasteiger partial charge in [0.25, 0.3) is 11.8 Å². The maximum atomic E-state index is 13.7. The average molecular weight is 809 g/mol. The minimum Gasteiger partial charge on any atom is -0.494 e. The van der Waals surface area contributed by atoms with Crippen molar-refractivity contribution in [2.75, 3.05) is 45.1 Å². The molecule has 4 heterocycles. The Bertz CT molecular complexity index is 2580. The Kier molecular flexibility index (Phi) is 12.7. The zero-order valence-electron chi connectivity index (χ0n) is 34.1. The highest BCUT2D eigenvalue weighted by atomic mass is 16.5. The van der Waals surface area contributed by atoms with E-state index in [4.69, 9.17) is 29.9 Å². The van der Waals surface area contributed by atoms with Crippen LogP contribution in [0.25, 0.3) is 22.1 Å². The number of esters is 1. The van der Waals surface area contributed by atoms with Crippen molar-refractivity contribution in [3.63, 3.8) is 0 Å². The topological polar surface area (TPSA) is 229 Å². The van der Waals surface area contributed by atoms with E-state index in [-0.39, 0.29) is 36.1 Å². The van der Waals surface area contributed by atoms with Crippen molar-refractivity contribution < 1.29 is 33.4 Å². The van der Waals surface area contributed by atoms with Gasteiger partial charge in [0.05, 0.1) is 48.8 Å². The fourth-order valence-corrected chi connectivity index (χ4v) is 6.71. The van der Waals surface area contributed by atoms with Crippen LogP contribution < -0.4 is 31.2 Å². The molecule has 0 aliphatic heterocycles. The number of benzene rings is 2. The maximum Gasteiger partial charge on any atom is 0.338 e. The van der Waals surface area contributed by atoms with Crippen molar-refractivity contribution in [1.29, 1.82) is 0 Å². The van der Waals surface area contributed by atoms with Crippen molar-refractivity contribution >= 4 is 57.7 Å². The van der Waals surface area contributed by atoms with E-state index in [1.54, 1.807) is 68.7 Å². The van der Waals surface area contributed by atoms with Gasteiger partial charge in [0.15, 0.2) is 0 Å². The molecule has 0 atom stereocenters. The van der Waals surface area contributed by atoms with Gasteiger partial charge in [0.1, 0.15) is 33.9 Å². The number of ether oxygens (including phenoxy) is 3. The minimum atomic E-state index is -0.659. The lowest BCUT2D eigenvalue weighted by molar-refractivity contribution is 0.0600. The first-order valence-electron chi connectivity index (χ1n) is 19.1. The van der Waals surface area contributed by atoms with Crippen LogP contribution in [0, 0.1) is 13.8 Å². The van der Waals surface area contributed by atoms with Gasteiger partial charge in [-0.05, 0) is 84.1 Å². The molecule has 4 aromatic heterocycles. The number of anilines is 2. The van der Waals surface area contributed by atoms with E-state index in [0.29, 0.717) is 89.0 Å². The Morgan fingerprint density at radius 2 is 1.25 bits per heavy atom. The Balaban J connectivity index is 1.41. The molecule has 6 aromatic rings. The summed E-state index contributed by atoms with van der Waals surface area (Å²) < 4.78 is 23.6. The predicted molar refractivity (Wildman–Crippen MR) is 220 cm³/mol. The van der Waals surface area contributed by atoms with Gasteiger partial charge in [-0.1, -0.05) is 12.2 Å². The second-order valence-electron chi connectivity index (χ2n) is 13.5. The number of aromatic nitrogens is 8. The van der Waals surface area contributed by atoms with E-state index in [9.17, 15) is 19.2 Å². The van der Waals surface area contributed by atoms with E-state index in [2.05, 4.69) is 26.1 Å². The molecule has 310 valence electrons. The molecule has 0 unspecified atom stereocenters. The van der Waals surface area contributed by atoms with Crippen LogP contribution in [-0.2, 0) is 30.9 Å². The summed E-state index contributed by atoms with van der Waals surface area (Å²) >= 11 is 0. The number of fused-ring (bicyclic) bond motifs is 2. The van der Waals surface area contributed by atoms with E-state index < -0.39 is 23.7 Å². The summed E-state index contributed by atoms with van der Waals surface area (Å²) in [5.41, 5.74) is 10.0. The van der Waals surface area contributed by atoms with Gasteiger partial charge < -0.3 is 34.4 Å². The number of nitrogens with two attached hydrogens (primary N) is 1. The summed E-state index contributed by atoms with van der Waals surface area (Å²) in [6.45, 7) is 9.73. The van der Waals surface area contributed by atoms with Crippen LogP contribution in [0.15, 0.2) is 48.6 Å². The zero-order valence-corrected chi connectivity index (χ0v) is 34.1. The molecule has 3 amide bonds. The van der Waals surface area contributed by atoms with E-state index in [1.165, 1.54) is 14.2 Å². The lowest BCUT2D eigenvalue weighted by Gasteiger charge is -2.13. The van der Waals surface area contributed by atoms with Gasteiger partial charge in [0.2, 0.25) is 17.8 Å². The second-order valence-corrected chi connectivity index (χ2v) is 13.5. The Labute approximate surface area is 339 Å². The first-order chi connectivity index (χ1) is 28.4. The zero-order chi connectivity index (χ0) is 42.4. The van der Waals surface area contributed by atoms with Crippen molar-refractivity contribution in [3.8, 4) is 11.5 Å². The molecule has 19 heteroatoms. The molecule has 2 aromatic carbocycles. The molecule has 5 N–H and O–H groups in total. The lowest BCUT2D eigenvalue weighted by Crippen LogP contribution is -2.20. The third-order valence-electron chi connectivity index (χ3n) is 9.43. The highest BCUT2D eigenvalue weighted by Crippen LogP contribution is 2.33. The van der Waals surface area contributed by atoms with Gasteiger partial charge in [-0.2, -0.15) is 10.2 Å². The SMILES string of the molecule is CCn1nc(C)cc1C(=O)Nc1nc2cc(C(=O)OC)cc(OC)c2n1C/C=C/Cn1c(NC(=O)c2cc(C)nn2CC)nc2cc(C(N)=O)cc(OCCCNC)c21. The summed E-state index contributed by atoms with van der Waals surface area (Å²) in [6, 6.07) is 9.63. The molecule has 6 rings (SSSR count). The van der Waals surface area contributed by atoms with Crippen LogP contribution in [0.1, 0.15) is 73.3 Å². The molecular formula is C40H48N12O7. The van der Waals surface area contributed by atoms with Gasteiger partial charge in [-0.3, -0.25) is 34.4 Å². The number of primary amides is 1. The normalized spacial score (nSPS) is 11.4. The summed E-state index contributed by atoms with van der Waals surface area (Å²) in [7, 11) is 4.60. The summed E-state index contributed by atoms with van der Waals surface area (Å²) in [5, 5.41) is 17.8. The number of amides is 3. The van der Waals surface area contributed by atoms with Crippen LogP contribution in [0.4, 0.5) is 11.9 Å². The molecule has 0 spiro atoms. The molecular weight excluding hydrogens is 761 g/mol. The molecule has 0 saturated carbocycles. The number of nitrogens with zero attached hydrogens (tertiary/aromatic N) is 8. The maximum absolute atomic E-state index is 13.7. The van der Waals surface area contributed by atoms with Crippen LogP contribution in [0.5, 0.6) is 11.5 Å². The number of nitrogens with one attached hydrogen (secondary N) is 3. The predicted octanol–water partition coefficient (Wildman–Crippen LogP) is 4.08. The number of hydrogen-bond acceptors (Lipinski definition) is 12.